The molecule has 3 rings (SSSR count). The number of rotatable bonds is 11. The fourth-order valence-corrected chi connectivity index (χ4v) is 5.32. The Labute approximate surface area is 251 Å². The summed E-state index contributed by atoms with van der Waals surface area (Å²) in [5, 5.41) is 2.89. The van der Waals surface area contributed by atoms with Crippen molar-refractivity contribution in [3.63, 3.8) is 0 Å². The van der Waals surface area contributed by atoms with Gasteiger partial charge in [0.15, 0.2) is 6.61 Å². The lowest BCUT2D eigenvalue weighted by molar-refractivity contribution is -0.152. The van der Waals surface area contributed by atoms with Gasteiger partial charge in [0.25, 0.3) is 15.9 Å². The lowest BCUT2D eigenvalue weighted by Gasteiger charge is -2.26. The molecule has 1 N–H and O–H groups in total. The number of ether oxygens (including phenoxy) is 2. The van der Waals surface area contributed by atoms with E-state index in [1.807, 2.05) is 19.1 Å². The van der Waals surface area contributed by atoms with Gasteiger partial charge >= 0.3 is 5.97 Å². The molecule has 3 aromatic carbocycles. The van der Waals surface area contributed by atoms with Gasteiger partial charge in [-0.2, -0.15) is 0 Å². The summed E-state index contributed by atoms with van der Waals surface area (Å²) in [7, 11) is -2.85. The molecule has 12 heteroatoms. The molecule has 0 fully saturated rings. The summed E-state index contributed by atoms with van der Waals surface area (Å²) in [6.07, 6.45) is 0. The third-order valence-electron chi connectivity index (χ3n) is 5.68. The van der Waals surface area contributed by atoms with Crippen LogP contribution in [0.5, 0.6) is 5.75 Å². The van der Waals surface area contributed by atoms with E-state index in [0.29, 0.717) is 5.75 Å². The number of hydrogen-bond acceptors (Lipinski definition) is 7. The Kier molecular flexibility index (Phi) is 10.6. The number of halogens is 1. The number of carbonyl (C=O) groups is 3. The van der Waals surface area contributed by atoms with Crippen LogP contribution in [0.2, 0.25) is 5.02 Å². The number of benzene rings is 3. The van der Waals surface area contributed by atoms with E-state index in [1.54, 1.807) is 45.0 Å². The van der Waals surface area contributed by atoms with Gasteiger partial charge in [0, 0.05) is 17.8 Å². The Balaban J connectivity index is 1.73. The molecule has 0 saturated carbocycles. The van der Waals surface area contributed by atoms with E-state index in [4.69, 9.17) is 21.1 Å². The molecule has 0 radical (unpaired) electrons. The quantitative estimate of drug-likeness (QED) is 0.311. The Morgan fingerprint density at radius 3 is 2.24 bits per heavy atom. The Bertz CT molecular complexity index is 1540. The van der Waals surface area contributed by atoms with Crippen molar-refractivity contribution >= 4 is 50.8 Å². The van der Waals surface area contributed by atoms with Crippen LogP contribution in [-0.2, 0) is 29.1 Å². The van der Waals surface area contributed by atoms with E-state index >= 15 is 0 Å². The van der Waals surface area contributed by atoms with Gasteiger partial charge in [-0.05, 0) is 76.2 Å². The number of hydrogen-bond donors (Lipinski definition) is 1. The molecule has 0 aliphatic rings. The number of nitrogens with one attached hydrogen (secondary N) is 1. The van der Waals surface area contributed by atoms with Gasteiger partial charge in [-0.25, -0.2) is 8.42 Å². The van der Waals surface area contributed by atoms with Crippen molar-refractivity contribution in [1.29, 1.82) is 0 Å². The minimum atomic E-state index is -4.31. The van der Waals surface area contributed by atoms with Gasteiger partial charge in [0.05, 0.1) is 17.1 Å². The zero-order valence-corrected chi connectivity index (χ0v) is 25.7. The van der Waals surface area contributed by atoms with E-state index in [-0.39, 0.29) is 34.4 Å². The molecular weight excluding hydrogens is 582 g/mol. The number of aryl methyl sites for hydroxylation is 1. The summed E-state index contributed by atoms with van der Waals surface area (Å²) in [6.45, 7) is 5.82. The molecule has 0 aromatic heterocycles. The SMILES string of the molecule is Cc1ccc(OCC(=O)N(C)CC(=O)Nc2cccc(S(=O)(=O)N(CC(=O)OC(C)(C)C)c3cccc(Cl)c3)c2)cc1. The third-order valence-corrected chi connectivity index (χ3v) is 7.69. The van der Waals surface area contributed by atoms with Gasteiger partial charge in [-0.1, -0.05) is 41.4 Å². The van der Waals surface area contributed by atoms with Crippen LogP contribution in [0.3, 0.4) is 0 Å². The number of esters is 1. The molecule has 0 aliphatic heterocycles. The molecule has 0 atom stereocenters. The first-order valence-corrected chi connectivity index (χ1v) is 14.8. The molecule has 0 saturated heterocycles. The van der Waals surface area contributed by atoms with Crippen molar-refractivity contribution in [2.75, 3.05) is 36.4 Å². The summed E-state index contributed by atoms with van der Waals surface area (Å²) in [4.78, 5) is 38.8. The molecule has 0 bridgehead atoms. The predicted molar refractivity (Wildman–Crippen MR) is 161 cm³/mol. The fourth-order valence-electron chi connectivity index (χ4n) is 3.69. The molecule has 0 heterocycles. The minimum absolute atomic E-state index is 0.163. The van der Waals surface area contributed by atoms with Crippen LogP contribution in [0.15, 0.2) is 77.7 Å². The lowest BCUT2D eigenvalue weighted by atomic mass is 10.2. The first-order chi connectivity index (χ1) is 19.6. The average Bonchev–Trinajstić information content (AvgIpc) is 2.90. The first-order valence-electron chi connectivity index (χ1n) is 13.0. The highest BCUT2D eigenvalue weighted by Crippen LogP contribution is 2.28. The van der Waals surface area contributed by atoms with Gasteiger partial charge in [-0.3, -0.25) is 18.7 Å². The molecule has 2 amide bonds. The zero-order valence-electron chi connectivity index (χ0n) is 24.1. The van der Waals surface area contributed by atoms with Gasteiger partial charge < -0.3 is 19.7 Å². The second-order valence-electron chi connectivity index (χ2n) is 10.5. The maximum absolute atomic E-state index is 13.8. The van der Waals surface area contributed by atoms with E-state index in [0.717, 1.165) is 9.87 Å². The van der Waals surface area contributed by atoms with Crippen molar-refractivity contribution < 1.29 is 32.3 Å². The molecule has 0 spiro atoms. The van der Waals surface area contributed by atoms with E-state index < -0.39 is 40.0 Å². The Morgan fingerprint density at radius 1 is 0.929 bits per heavy atom. The molecule has 10 nitrogen and oxygen atoms in total. The fraction of sp³-hybridized carbons (Fsp3) is 0.300. The number of amides is 2. The second kappa shape index (κ2) is 13.7. The number of carbonyl (C=O) groups excluding carboxylic acids is 3. The highest BCUT2D eigenvalue weighted by atomic mass is 35.5. The largest absolute Gasteiger partial charge is 0.484 e. The van der Waals surface area contributed by atoms with Crippen molar-refractivity contribution in [2.24, 2.45) is 0 Å². The summed E-state index contributed by atoms with van der Waals surface area (Å²) in [5.41, 5.74) is 0.573. The average molecular weight is 616 g/mol. The topological polar surface area (TPSA) is 122 Å². The van der Waals surface area contributed by atoms with Crippen molar-refractivity contribution in [3.8, 4) is 5.75 Å². The Hall–Kier alpha value is -4.09. The minimum Gasteiger partial charge on any atom is -0.484 e. The summed E-state index contributed by atoms with van der Waals surface area (Å²) in [5.74, 6) is -1.18. The van der Waals surface area contributed by atoms with Gasteiger partial charge in [-0.15, -0.1) is 0 Å². The molecule has 224 valence electrons. The van der Waals surface area contributed by atoms with Crippen LogP contribution in [0, 0.1) is 6.92 Å². The lowest BCUT2D eigenvalue weighted by Crippen LogP contribution is -2.39. The molecule has 3 aromatic rings. The predicted octanol–water partition coefficient (Wildman–Crippen LogP) is 4.66. The second-order valence-corrected chi connectivity index (χ2v) is 12.8. The highest BCUT2D eigenvalue weighted by Gasteiger charge is 2.30. The summed E-state index contributed by atoms with van der Waals surface area (Å²) >= 11 is 6.11. The summed E-state index contributed by atoms with van der Waals surface area (Å²) < 4.78 is 39.2. The Morgan fingerprint density at radius 2 is 1.60 bits per heavy atom. The van der Waals surface area contributed by atoms with Gasteiger partial charge in [0.1, 0.15) is 17.9 Å². The summed E-state index contributed by atoms with van der Waals surface area (Å²) in [6, 6.07) is 18.9. The number of sulfonamides is 1. The number of likely N-dealkylation sites (N-methyl/N-ethyl adjacent to an activating group) is 1. The van der Waals surface area contributed by atoms with Crippen LogP contribution in [0.25, 0.3) is 0 Å². The van der Waals surface area contributed by atoms with Crippen LogP contribution in [0.4, 0.5) is 11.4 Å². The maximum Gasteiger partial charge on any atom is 0.327 e. The normalized spacial score (nSPS) is 11.4. The third kappa shape index (κ3) is 9.49. The highest BCUT2D eigenvalue weighted by molar-refractivity contribution is 7.92. The van der Waals surface area contributed by atoms with Crippen molar-refractivity contribution in [2.45, 2.75) is 38.2 Å². The molecule has 42 heavy (non-hydrogen) atoms. The van der Waals surface area contributed by atoms with Crippen LogP contribution in [0.1, 0.15) is 26.3 Å². The van der Waals surface area contributed by atoms with Crippen LogP contribution in [-0.4, -0.2) is 63.4 Å². The molecular formula is C30H34ClN3O7S. The number of anilines is 2. The smallest absolute Gasteiger partial charge is 0.327 e. The number of nitrogens with zero attached hydrogens (tertiary/aromatic N) is 2. The molecule has 0 aliphatic carbocycles. The molecule has 0 unspecified atom stereocenters. The van der Waals surface area contributed by atoms with E-state index in [2.05, 4.69) is 5.32 Å². The maximum atomic E-state index is 13.8. The van der Waals surface area contributed by atoms with Gasteiger partial charge in [0.2, 0.25) is 5.91 Å². The standard InChI is InChI=1S/C30H34ClN3O7S/c1-21-12-14-25(15-13-21)40-20-28(36)33(5)18-27(35)32-23-9-7-11-26(17-23)42(38,39)34(19-29(37)41-30(2,3)4)24-10-6-8-22(31)16-24/h6-17H,18-20H2,1-5H3,(H,32,35). The van der Waals surface area contributed by atoms with Crippen molar-refractivity contribution in [3.05, 3.63) is 83.4 Å². The monoisotopic (exact) mass is 615 g/mol. The van der Waals surface area contributed by atoms with E-state index in [1.165, 1.54) is 48.3 Å². The first kappa shape index (κ1) is 32.4. The van der Waals surface area contributed by atoms with Crippen LogP contribution < -0.4 is 14.4 Å². The van der Waals surface area contributed by atoms with E-state index in [9.17, 15) is 22.8 Å². The van der Waals surface area contributed by atoms with Crippen molar-refractivity contribution in [1.82, 2.24) is 4.90 Å². The zero-order chi connectivity index (χ0) is 31.1. The van der Waals surface area contributed by atoms with Crippen LogP contribution >= 0.6 is 11.6 Å².